The third-order valence-corrected chi connectivity index (χ3v) is 7.22. The number of carbonyl (C=O) groups is 1. The third-order valence-electron chi connectivity index (χ3n) is 5.31. The molecule has 180 valence electrons. The minimum Gasteiger partial charge on any atom is -0.406 e. The van der Waals surface area contributed by atoms with Gasteiger partial charge >= 0.3 is 6.36 Å². The van der Waals surface area contributed by atoms with Crippen molar-refractivity contribution in [2.45, 2.75) is 30.8 Å². The zero-order valence-corrected chi connectivity index (χ0v) is 18.5. The van der Waals surface area contributed by atoms with Crippen LogP contribution in [0.15, 0.2) is 53.4 Å². The number of hydrogen-bond donors (Lipinski definition) is 1. The maximum absolute atomic E-state index is 13.7. The number of alkyl halides is 3. The topological polar surface area (TPSA) is 79.0 Å². The molecule has 1 heterocycles. The van der Waals surface area contributed by atoms with Gasteiger partial charge in [-0.1, -0.05) is 18.2 Å². The van der Waals surface area contributed by atoms with Crippen molar-refractivity contribution < 1.29 is 35.5 Å². The van der Waals surface area contributed by atoms with E-state index in [2.05, 4.69) is 10.1 Å². The van der Waals surface area contributed by atoms with E-state index in [4.69, 9.17) is 0 Å². The van der Waals surface area contributed by atoms with E-state index in [1.54, 1.807) is 25.1 Å². The molecule has 0 radical (unpaired) electrons. The first-order chi connectivity index (χ1) is 15.5. The van der Waals surface area contributed by atoms with Gasteiger partial charge in [0.25, 0.3) is 0 Å². The Morgan fingerprint density at radius 3 is 2.24 bits per heavy atom. The van der Waals surface area contributed by atoms with E-state index in [0.29, 0.717) is 5.56 Å². The van der Waals surface area contributed by atoms with Crippen LogP contribution in [0.1, 0.15) is 12.5 Å². The van der Waals surface area contributed by atoms with Crippen LogP contribution in [-0.4, -0.2) is 62.1 Å². The lowest BCUT2D eigenvalue weighted by atomic mass is 10.2. The van der Waals surface area contributed by atoms with Gasteiger partial charge in [-0.15, -0.1) is 13.2 Å². The van der Waals surface area contributed by atoms with Crippen molar-refractivity contribution in [3.63, 3.8) is 0 Å². The lowest BCUT2D eigenvalue weighted by Crippen LogP contribution is -2.54. The zero-order chi connectivity index (χ0) is 24.2. The van der Waals surface area contributed by atoms with Gasteiger partial charge in [0.1, 0.15) is 11.6 Å². The second-order valence-electron chi connectivity index (χ2n) is 7.44. The van der Waals surface area contributed by atoms with Gasteiger partial charge in [0.2, 0.25) is 15.9 Å². The summed E-state index contributed by atoms with van der Waals surface area (Å²) >= 11 is 0. The SMILES string of the molecule is CC(C(=O)NCc1ccccc1F)N1CCN(S(=O)(=O)c2ccc(OC(F)(F)F)cc2)CC1. The Bertz CT molecular complexity index is 1070. The average Bonchev–Trinajstić information content (AvgIpc) is 2.77. The van der Waals surface area contributed by atoms with Crippen molar-refractivity contribution in [3.8, 4) is 5.75 Å². The van der Waals surface area contributed by atoms with E-state index in [-0.39, 0.29) is 43.5 Å². The molecule has 1 atom stereocenters. The molecule has 1 N–H and O–H groups in total. The van der Waals surface area contributed by atoms with Gasteiger partial charge in [-0.25, -0.2) is 12.8 Å². The van der Waals surface area contributed by atoms with Gasteiger partial charge in [0.15, 0.2) is 0 Å². The molecule has 1 aliphatic heterocycles. The molecule has 0 saturated carbocycles. The Kier molecular flexibility index (Phi) is 7.60. The number of hydrogen-bond acceptors (Lipinski definition) is 5. The van der Waals surface area contributed by atoms with E-state index in [1.807, 2.05) is 4.90 Å². The molecule has 1 amide bonds. The standard InChI is InChI=1S/C21H23F4N3O4S/c1-15(20(29)26-14-16-4-2-3-5-19(16)22)27-10-12-28(13-11-27)33(30,31)18-8-6-17(7-9-18)32-21(23,24)25/h2-9,15H,10-14H2,1H3,(H,26,29). The summed E-state index contributed by atoms with van der Waals surface area (Å²) in [4.78, 5) is 14.1. The number of rotatable bonds is 7. The van der Waals surface area contributed by atoms with Crippen LogP contribution in [-0.2, 0) is 21.4 Å². The molecule has 1 unspecified atom stereocenters. The van der Waals surface area contributed by atoms with E-state index in [9.17, 15) is 30.8 Å². The lowest BCUT2D eigenvalue weighted by molar-refractivity contribution is -0.274. The van der Waals surface area contributed by atoms with Gasteiger partial charge in [-0.2, -0.15) is 4.31 Å². The Hall–Kier alpha value is -2.70. The summed E-state index contributed by atoms with van der Waals surface area (Å²) in [5.41, 5.74) is 0.362. The first-order valence-electron chi connectivity index (χ1n) is 10.1. The number of sulfonamides is 1. The molecule has 1 aliphatic rings. The van der Waals surface area contributed by atoms with E-state index in [0.717, 1.165) is 24.3 Å². The monoisotopic (exact) mass is 489 g/mol. The molecule has 2 aromatic carbocycles. The zero-order valence-electron chi connectivity index (χ0n) is 17.7. The summed E-state index contributed by atoms with van der Waals surface area (Å²) in [5, 5.41) is 2.68. The average molecular weight is 489 g/mol. The first-order valence-corrected chi connectivity index (χ1v) is 11.5. The van der Waals surface area contributed by atoms with Crippen molar-refractivity contribution in [1.82, 2.24) is 14.5 Å². The van der Waals surface area contributed by atoms with Gasteiger partial charge in [0, 0.05) is 38.3 Å². The number of halogens is 4. The van der Waals surface area contributed by atoms with E-state index < -0.39 is 34.0 Å². The quantitative estimate of drug-likeness (QED) is 0.606. The lowest BCUT2D eigenvalue weighted by Gasteiger charge is -2.36. The van der Waals surface area contributed by atoms with Gasteiger partial charge in [0.05, 0.1) is 10.9 Å². The molecular weight excluding hydrogens is 466 g/mol. The molecule has 0 aliphatic carbocycles. The smallest absolute Gasteiger partial charge is 0.406 e. The van der Waals surface area contributed by atoms with Crippen LogP contribution in [0.25, 0.3) is 0 Å². The predicted octanol–water partition coefficient (Wildman–Crippen LogP) is 2.74. The normalized spacial score (nSPS) is 16.9. The maximum atomic E-state index is 13.7. The molecule has 0 aromatic heterocycles. The minimum absolute atomic E-state index is 0.0399. The number of nitrogens with zero attached hydrogens (tertiary/aromatic N) is 2. The highest BCUT2D eigenvalue weighted by Gasteiger charge is 2.33. The van der Waals surface area contributed by atoms with Crippen LogP contribution in [0.3, 0.4) is 0 Å². The number of ether oxygens (including phenoxy) is 1. The van der Waals surface area contributed by atoms with E-state index in [1.165, 1.54) is 10.4 Å². The number of benzene rings is 2. The Labute approximate surface area is 189 Å². The van der Waals surface area contributed by atoms with Gasteiger partial charge in [-0.05, 0) is 37.3 Å². The number of carbonyl (C=O) groups excluding carboxylic acids is 1. The summed E-state index contributed by atoms with van der Waals surface area (Å²) in [6.07, 6.45) is -4.87. The van der Waals surface area contributed by atoms with Gasteiger partial charge in [-0.3, -0.25) is 9.69 Å². The van der Waals surface area contributed by atoms with Crippen LogP contribution >= 0.6 is 0 Å². The molecule has 2 aromatic rings. The summed E-state index contributed by atoms with van der Waals surface area (Å²) in [7, 11) is -3.92. The van der Waals surface area contributed by atoms with Crippen molar-refractivity contribution in [2.24, 2.45) is 0 Å². The first kappa shape index (κ1) is 24.9. The van der Waals surface area contributed by atoms with Crippen LogP contribution < -0.4 is 10.1 Å². The third kappa shape index (κ3) is 6.42. The summed E-state index contributed by atoms with van der Waals surface area (Å²) in [6, 6.07) is 9.56. The second-order valence-corrected chi connectivity index (χ2v) is 9.38. The van der Waals surface area contributed by atoms with Crippen LogP contribution in [0.5, 0.6) is 5.75 Å². The molecule has 7 nitrogen and oxygen atoms in total. The summed E-state index contributed by atoms with van der Waals surface area (Å²) in [5.74, 6) is -1.24. The minimum atomic E-state index is -4.87. The molecule has 1 fully saturated rings. The maximum Gasteiger partial charge on any atom is 0.573 e. The number of amides is 1. The molecule has 0 bridgehead atoms. The largest absolute Gasteiger partial charge is 0.573 e. The van der Waals surface area contributed by atoms with Crippen molar-refractivity contribution in [3.05, 3.63) is 59.9 Å². The van der Waals surface area contributed by atoms with Crippen LogP contribution in [0.4, 0.5) is 17.6 Å². The molecule has 1 saturated heterocycles. The molecule has 33 heavy (non-hydrogen) atoms. The number of nitrogens with one attached hydrogen (secondary N) is 1. The van der Waals surface area contributed by atoms with Crippen LogP contribution in [0.2, 0.25) is 0 Å². The van der Waals surface area contributed by atoms with Crippen molar-refractivity contribution in [1.29, 1.82) is 0 Å². The fraction of sp³-hybridized carbons (Fsp3) is 0.381. The summed E-state index contributed by atoms with van der Waals surface area (Å²) < 4.78 is 81.1. The molecule has 3 rings (SSSR count). The highest BCUT2D eigenvalue weighted by Crippen LogP contribution is 2.25. The Morgan fingerprint density at radius 1 is 1.06 bits per heavy atom. The van der Waals surface area contributed by atoms with E-state index >= 15 is 0 Å². The second kappa shape index (κ2) is 10.1. The Morgan fingerprint density at radius 2 is 1.67 bits per heavy atom. The molecular formula is C21H23F4N3O4S. The van der Waals surface area contributed by atoms with Crippen molar-refractivity contribution >= 4 is 15.9 Å². The number of piperazine rings is 1. The Balaban J connectivity index is 1.54. The summed E-state index contributed by atoms with van der Waals surface area (Å²) in [6.45, 7) is 2.49. The highest BCUT2D eigenvalue weighted by molar-refractivity contribution is 7.89. The van der Waals surface area contributed by atoms with Crippen molar-refractivity contribution in [2.75, 3.05) is 26.2 Å². The van der Waals surface area contributed by atoms with Gasteiger partial charge < -0.3 is 10.1 Å². The highest BCUT2D eigenvalue weighted by atomic mass is 32.2. The fourth-order valence-corrected chi connectivity index (χ4v) is 4.85. The molecule has 0 spiro atoms. The predicted molar refractivity (Wildman–Crippen MR) is 111 cm³/mol. The fourth-order valence-electron chi connectivity index (χ4n) is 3.43. The molecule has 12 heteroatoms. The van der Waals surface area contributed by atoms with Crippen LogP contribution in [0, 0.1) is 5.82 Å².